The second-order valence-corrected chi connectivity index (χ2v) is 2.70. The van der Waals surface area contributed by atoms with E-state index in [0.29, 0.717) is 6.29 Å². The van der Waals surface area contributed by atoms with Crippen LogP contribution in [-0.4, -0.2) is 12.1 Å². The van der Waals surface area contributed by atoms with E-state index in [1.807, 2.05) is 0 Å². The van der Waals surface area contributed by atoms with E-state index < -0.39 is 11.6 Å². The Morgan fingerprint density at radius 2 is 2.21 bits per heavy atom. The van der Waals surface area contributed by atoms with Crippen LogP contribution in [0.4, 0.5) is 4.39 Å². The molecule has 0 aliphatic rings. The first-order chi connectivity index (χ1) is 6.60. The van der Waals surface area contributed by atoms with E-state index in [1.54, 1.807) is 6.07 Å². The standard InChI is InChI=1S/C10H6FNO2/c1-6(14)9-3-8(11)2-7(5-13)10(9)4-12/h2-3,5H,1H3. The number of halogens is 1. The summed E-state index contributed by atoms with van der Waals surface area (Å²) in [5.41, 5.74) is -0.235. The average Bonchev–Trinajstić information content (AvgIpc) is 2.16. The van der Waals surface area contributed by atoms with Gasteiger partial charge in [0.25, 0.3) is 0 Å². The number of nitrogens with zero attached hydrogens (tertiary/aromatic N) is 1. The van der Waals surface area contributed by atoms with Crippen LogP contribution in [0.5, 0.6) is 0 Å². The molecule has 0 aliphatic heterocycles. The van der Waals surface area contributed by atoms with Gasteiger partial charge in [0.05, 0.1) is 5.56 Å². The van der Waals surface area contributed by atoms with Crippen LogP contribution in [0.25, 0.3) is 0 Å². The average molecular weight is 191 g/mol. The van der Waals surface area contributed by atoms with Gasteiger partial charge in [0.15, 0.2) is 12.1 Å². The molecule has 14 heavy (non-hydrogen) atoms. The number of carbonyl (C=O) groups is 2. The molecule has 0 unspecified atom stereocenters. The SMILES string of the molecule is CC(=O)c1cc(F)cc(C=O)c1C#N. The summed E-state index contributed by atoms with van der Waals surface area (Å²) in [5.74, 6) is -1.14. The van der Waals surface area contributed by atoms with E-state index in [0.717, 1.165) is 12.1 Å². The van der Waals surface area contributed by atoms with Crippen LogP contribution in [0.15, 0.2) is 12.1 Å². The summed E-state index contributed by atoms with van der Waals surface area (Å²) in [6.07, 6.45) is 0.355. The van der Waals surface area contributed by atoms with Crippen molar-refractivity contribution in [1.82, 2.24) is 0 Å². The number of benzene rings is 1. The van der Waals surface area contributed by atoms with Crippen molar-refractivity contribution in [1.29, 1.82) is 5.26 Å². The third-order valence-corrected chi connectivity index (χ3v) is 1.75. The van der Waals surface area contributed by atoms with Crippen LogP contribution in [-0.2, 0) is 0 Å². The lowest BCUT2D eigenvalue weighted by atomic mass is 10.00. The van der Waals surface area contributed by atoms with Crippen molar-refractivity contribution in [3.8, 4) is 6.07 Å². The quantitative estimate of drug-likeness (QED) is 0.528. The molecule has 70 valence electrons. The normalized spacial score (nSPS) is 9.21. The van der Waals surface area contributed by atoms with Gasteiger partial charge in [0, 0.05) is 11.1 Å². The first-order valence-electron chi connectivity index (χ1n) is 3.80. The van der Waals surface area contributed by atoms with Gasteiger partial charge in [-0.25, -0.2) is 4.39 Å². The Morgan fingerprint density at radius 3 is 2.64 bits per heavy atom. The van der Waals surface area contributed by atoms with Crippen molar-refractivity contribution in [3.63, 3.8) is 0 Å². The maximum absolute atomic E-state index is 12.9. The molecular formula is C10H6FNO2. The maximum Gasteiger partial charge on any atom is 0.161 e. The third kappa shape index (κ3) is 1.67. The highest BCUT2D eigenvalue weighted by molar-refractivity contribution is 5.99. The Hall–Kier alpha value is -2.02. The minimum Gasteiger partial charge on any atom is -0.298 e. The minimum absolute atomic E-state index is 0.0606. The molecule has 1 aromatic carbocycles. The molecule has 0 saturated heterocycles. The van der Waals surface area contributed by atoms with Crippen LogP contribution < -0.4 is 0 Å². The number of hydrogen-bond acceptors (Lipinski definition) is 3. The molecule has 0 bridgehead atoms. The van der Waals surface area contributed by atoms with Crippen molar-refractivity contribution in [2.75, 3.05) is 0 Å². The van der Waals surface area contributed by atoms with E-state index >= 15 is 0 Å². The highest BCUT2D eigenvalue weighted by Gasteiger charge is 2.13. The van der Waals surface area contributed by atoms with Crippen LogP contribution in [0.3, 0.4) is 0 Å². The van der Waals surface area contributed by atoms with Crippen molar-refractivity contribution in [2.24, 2.45) is 0 Å². The zero-order valence-corrected chi connectivity index (χ0v) is 7.37. The Kier molecular flexibility index (Phi) is 2.73. The largest absolute Gasteiger partial charge is 0.298 e. The smallest absolute Gasteiger partial charge is 0.161 e. The molecule has 0 atom stereocenters. The van der Waals surface area contributed by atoms with Crippen molar-refractivity contribution in [2.45, 2.75) is 6.92 Å². The van der Waals surface area contributed by atoms with Gasteiger partial charge >= 0.3 is 0 Å². The molecule has 1 aromatic rings. The number of Topliss-reactive ketones (excluding diaryl/α,β-unsaturated/α-hetero) is 1. The van der Waals surface area contributed by atoms with Crippen LogP contribution in [0.1, 0.15) is 33.2 Å². The molecule has 0 spiro atoms. The maximum atomic E-state index is 12.9. The summed E-state index contributed by atoms with van der Waals surface area (Å²) in [4.78, 5) is 21.5. The number of nitriles is 1. The fraction of sp³-hybridized carbons (Fsp3) is 0.100. The Balaban J connectivity index is 3.57. The predicted molar refractivity (Wildman–Crippen MR) is 46.5 cm³/mol. The van der Waals surface area contributed by atoms with Crippen molar-refractivity contribution >= 4 is 12.1 Å². The van der Waals surface area contributed by atoms with Crippen LogP contribution in [0.2, 0.25) is 0 Å². The topological polar surface area (TPSA) is 57.9 Å². The van der Waals surface area contributed by atoms with Gasteiger partial charge in [-0.15, -0.1) is 0 Å². The number of aldehydes is 1. The highest BCUT2D eigenvalue weighted by Crippen LogP contribution is 2.15. The molecule has 0 fully saturated rings. The van der Waals surface area contributed by atoms with E-state index in [2.05, 4.69) is 0 Å². The third-order valence-electron chi connectivity index (χ3n) is 1.75. The summed E-state index contributed by atoms with van der Waals surface area (Å²) in [6.45, 7) is 1.21. The number of ketones is 1. The summed E-state index contributed by atoms with van der Waals surface area (Å²) >= 11 is 0. The summed E-state index contributed by atoms with van der Waals surface area (Å²) < 4.78 is 12.9. The molecule has 4 heteroatoms. The summed E-state index contributed by atoms with van der Waals surface area (Å²) in [6, 6.07) is 3.59. The Bertz CT molecular complexity index is 446. The van der Waals surface area contributed by atoms with Gasteiger partial charge in [-0.2, -0.15) is 5.26 Å². The molecule has 3 nitrogen and oxygen atoms in total. The van der Waals surface area contributed by atoms with Crippen LogP contribution >= 0.6 is 0 Å². The highest BCUT2D eigenvalue weighted by atomic mass is 19.1. The molecule has 1 rings (SSSR count). The van der Waals surface area contributed by atoms with E-state index in [1.165, 1.54) is 6.92 Å². The van der Waals surface area contributed by atoms with E-state index in [9.17, 15) is 14.0 Å². The van der Waals surface area contributed by atoms with E-state index in [-0.39, 0.29) is 16.7 Å². The second kappa shape index (κ2) is 3.79. The lowest BCUT2D eigenvalue weighted by Gasteiger charge is -2.02. The Labute approximate surface area is 79.8 Å². The predicted octanol–water partition coefficient (Wildman–Crippen LogP) is 1.71. The number of carbonyl (C=O) groups excluding carboxylic acids is 2. The lowest BCUT2D eigenvalue weighted by Crippen LogP contribution is -2.02. The molecular weight excluding hydrogens is 185 g/mol. The van der Waals surface area contributed by atoms with Crippen molar-refractivity contribution in [3.05, 3.63) is 34.6 Å². The fourth-order valence-electron chi connectivity index (χ4n) is 1.12. The first kappa shape index (κ1) is 10.1. The molecule has 0 N–H and O–H groups in total. The molecule has 0 radical (unpaired) electrons. The summed E-state index contributed by atoms with van der Waals surface area (Å²) in [7, 11) is 0. The minimum atomic E-state index is -0.698. The molecule has 0 heterocycles. The zero-order valence-electron chi connectivity index (χ0n) is 7.37. The van der Waals surface area contributed by atoms with Gasteiger partial charge in [0.2, 0.25) is 0 Å². The Morgan fingerprint density at radius 1 is 1.57 bits per heavy atom. The lowest BCUT2D eigenvalue weighted by molar-refractivity contribution is 0.101. The van der Waals surface area contributed by atoms with Gasteiger partial charge in [-0.05, 0) is 19.1 Å². The van der Waals surface area contributed by atoms with Crippen LogP contribution in [0, 0.1) is 17.1 Å². The molecule has 0 aromatic heterocycles. The number of hydrogen-bond donors (Lipinski definition) is 0. The second-order valence-electron chi connectivity index (χ2n) is 2.70. The molecule has 0 amide bonds. The van der Waals surface area contributed by atoms with Crippen molar-refractivity contribution < 1.29 is 14.0 Å². The molecule has 0 saturated carbocycles. The molecule has 0 aliphatic carbocycles. The van der Waals surface area contributed by atoms with Gasteiger partial charge in [-0.3, -0.25) is 9.59 Å². The van der Waals surface area contributed by atoms with Gasteiger partial charge < -0.3 is 0 Å². The zero-order chi connectivity index (χ0) is 10.7. The first-order valence-corrected chi connectivity index (χ1v) is 3.80. The number of rotatable bonds is 2. The fourth-order valence-corrected chi connectivity index (χ4v) is 1.12. The van der Waals surface area contributed by atoms with Gasteiger partial charge in [-0.1, -0.05) is 0 Å². The monoisotopic (exact) mass is 191 g/mol. The van der Waals surface area contributed by atoms with E-state index in [4.69, 9.17) is 5.26 Å². The van der Waals surface area contributed by atoms with Gasteiger partial charge in [0.1, 0.15) is 11.9 Å². The summed E-state index contributed by atoms with van der Waals surface area (Å²) in [5, 5.41) is 8.69.